The number of aromatic nitrogens is 1. The second-order valence-corrected chi connectivity index (χ2v) is 5.34. The molecule has 23 heavy (non-hydrogen) atoms. The van der Waals surface area contributed by atoms with Crippen LogP contribution in [0.25, 0.3) is 0 Å². The number of ether oxygens (including phenoxy) is 1. The molecule has 1 aromatic carbocycles. The molecule has 0 saturated carbocycles. The Bertz CT molecular complexity index is 698. The second-order valence-electron chi connectivity index (χ2n) is 4.48. The van der Waals surface area contributed by atoms with Crippen LogP contribution in [0.15, 0.2) is 40.9 Å². The number of hydrogen-bond acceptors (Lipinski definition) is 4. The molecule has 0 unspecified atom stereocenters. The van der Waals surface area contributed by atoms with E-state index in [0.717, 1.165) is 5.56 Å². The summed E-state index contributed by atoms with van der Waals surface area (Å²) in [5.41, 5.74) is 1.14. The fourth-order valence-corrected chi connectivity index (χ4v) is 2.35. The summed E-state index contributed by atoms with van der Waals surface area (Å²) in [5, 5.41) is 5.57. The highest BCUT2D eigenvalue weighted by Gasteiger charge is 2.09. The molecule has 1 amide bonds. The molecule has 8 heteroatoms. The van der Waals surface area contributed by atoms with Gasteiger partial charge in [-0.25, -0.2) is 4.98 Å². The summed E-state index contributed by atoms with van der Waals surface area (Å²) in [6, 6.07) is 9.86. The van der Waals surface area contributed by atoms with Gasteiger partial charge in [0.25, 0.3) is 5.91 Å². The van der Waals surface area contributed by atoms with Gasteiger partial charge in [0, 0.05) is 13.6 Å². The van der Waals surface area contributed by atoms with E-state index in [2.05, 4.69) is 36.3 Å². The minimum Gasteiger partial charge on any atom is -0.434 e. The monoisotopic (exact) mass is 385 g/mol. The summed E-state index contributed by atoms with van der Waals surface area (Å²) in [4.78, 5) is 15.7. The van der Waals surface area contributed by atoms with Crippen molar-refractivity contribution in [1.29, 1.82) is 0 Å². The minimum absolute atomic E-state index is 0.0727. The number of amides is 1. The number of nitrogens with zero attached hydrogens (tertiary/aromatic N) is 1. The van der Waals surface area contributed by atoms with Gasteiger partial charge < -0.3 is 15.4 Å². The van der Waals surface area contributed by atoms with E-state index in [1.807, 2.05) is 0 Å². The highest BCUT2D eigenvalue weighted by Crippen LogP contribution is 2.27. The van der Waals surface area contributed by atoms with Crippen LogP contribution >= 0.6 is 15.9 Å². The molecular weight excluding hydrogens is 372 g/mol. The Hall–Kier alpha value is -2.22. The van der Waals surface area contributed by atoms with E-state index >= 15 is 0 Å². The lowest BCUT2D eigenvalue weighted by Gasteiger charge is -2.10. The Morgan fingerprint density at radius 3 is 2.78 bits per heavy atom. The van der Waals surface area contributed by atoms with Crippen molar-refractivity contribution in [2.75, 3.05) is 12.4 Å². The van der Waals surface area contributed by atoms with Crippen molar-refractivity contribution in [1.82, 2.24) is 10.3 Å². The maximum Gasteiger partial charge on any atom is 0.387 e. The molecule has 0 spiro atoms. The summed E-state index contributed by atoms with van der Waals surface area (Å²) < 4.78 is 29.2. The summed E-state index contributed by atoms with van der Waals surface area (Å²) >= 11 is 3.19. The molecule has 0 atom stereocenters. The fourth-order valence-electron chi connectivity index (χ4n) is 1.83. The lowest BCUT2D eigenvalue weighted by Crippen LogP contribution is -2.19. The molecule has 2 rings (SSSR count). The van der Waals surface area contributed by atoms with Gasteiger partial charge in [0.05, 0.1) is 4.47 Å². The van der Waals surface area contributed by atoms with E-state index in [0.29, 0.717) is 22.5 Å². The zero-order valence-electron chi connectivity index (χ0n) is 12.1. The smallest absolute Gasteiger partial charge is 0.387 e. The highest BCUT2D eigenvalue weighted by molar-refractivity contribution is 9.10. The number of pyridine rings is 1. The molecule has 0 aliphatic rings. The fraction of sp³-hybridized carbons (Fsp3) is 0.200. The number of alkyl halides is 2. The Balaban J connectivity index is 2.03. The van der Waals surface area contributed by atoms with Crippen molar-refractivity contribution in [3.63, 3.8) is 0 Å². The van der Waals surface area contributed by atoms with Crippen LogP contribution in [0.4, 0.5) is 14.6 Å². The Kier molecular flexibility index (Phi) is 5.86. The molecule has 2 N–H and O–H groups in total. The molecule has 5 nitrogen and oxygen atoms in total. The molecule has 0 bridgehead atoms. The molecular formula is C15H14BrF2N3O2. The van der Waals surface area contributed by atoms with E-state index in [4.69, 9.17) is 0 Å². The predicted octanol–water partition coefficient (Wildman–Crippen LogP) is 3.42. The second kappa shape index (κ2) is 7.87. The van der Waals surface area contributed by atoms with Crippen molar-refractivity contribution >= 4 is 27.7 Å². The van der Waals surface area contributed by atoms with E-state index in [-0.39, 0.29) is 11.7 Å². The highest BCUT2D eigenvalue weighted by atomic mass is 79.9. The molecule has 0 aliphatic heterocycles. The molecule has 122 valence electrons. The van der Waals surface area contributed by atoms with Crippen molar-refractivity contribution in [2.24, 2.45) is 0 Å². The number of anilines is 1. The van der Waals surface area contributed by atoms with Gasteiger partial charge in [0.15, 0.2) is 0 Å². The SMILES string of the molecule is CNC(=O)c1cccc(NCc2ccc(OC(F)F)c(Br)c2)n1. The first-order valence-corrected chi connectivity index (χ1v) is 7.45. The largest absolute Gasteiger partial charge is 0.434 e. The van der Waals surface area contributed by atoms with Crippen molar-refractivity contribution in [2.45, 2.75) is 13.2 Å². The number of rotatable bonds is 6. The summed E-state index contributed by atoms with van der Waals surface area (Å²) in [6.45, 7) is -2.45. The molecule has 1 aromatic heterocycles. The molecule has 0 radical (unpaired) electrons. The van der Waals surface area contributed by atoms with Crippen LogP contribution in [0, 0.1) is 0 Å². The topological polar surface area (TPSA) is 63.2 Å². The average molecular weight is 386 g/mol. The van der Waals surface area contributed by atoms with Crippen molar-refractivity contribution in [3.05, 3.63) is 52.1 Å². The quantitative estimate of drug-likeness (QED) is 0.799. The third kappa shape index (κ3) is 4.88. The number of nitrogens with one attached hydrogen (secondary N) is 2. The Labute approximate surface area is 140 Å². The summed E-state index contributed by atoms with van der Waals surface area (Å²) in [7, 11) is 1.53. The zero-order chi connectivity index (χ0) is 16.8. The first-order valence-electron chi connectivity index (χ1n) is 6.66. The average Bonchev–Trinajstić information content (AvgIpc) is 2.54. The number of halogens is 3. The van der Waals surface area contributed by atoms with Crippen LogP contribution in [0.5, 0.6) is 5.75 Å². The minimum atomic E-state index is -2.87. The van der Waals surface area contributed by atoms with Crippen LogP contribution in [-0.2, 0) is 6.54 Å². The molecule has 0 saturated heterocycles. The van der Waals surface area contributed by atoms with Crippen molar-refractivity contribution < 1.29 is 18.3 Å². The number of hydrogen-bond donors (Lipinski definition) is 2. The maximum absolute atomic E-state index is 12.2. The van der Waals surface area contributed by atoms with E-state index in [9.17, 15) is 13.6 Å². The molecule has 0 aliphatic carbocycles. The standard InChI is InChI=1S/C15H14BrF2N3O2/c1-19-14(22)11-3-2-4-13(21-11)20-8-9-5-6-12(10(16)7-9)23-15(17)18/h2-7,15H,8H2,1H3,(H,19,22)(H,20,21). The van der Waals surface area contributed by atoms with E-state index < -0.39 is 6.61 Å². The normalized spacial score (nSPS) is 10.5. The van der Waals surface area contributed by atoms with Crippen LogP contribution in [0.2, 0.25) is 0 Å². The van der Waals surface area contributed by atoms with Gasteiger partial charge in [0.2, 0.25) is 0 Å². The zero-order valence-corrected chi connectivity index (χ0v) is 13.7. The summed E-state index contributed by atoms with van der Waals surface area (Å²) in [6.07, 6.45) is 0. The van der Waals surface area contributed by atoms with Gasteiger partial charge in [-0.05, 0) is 45.8 Å². The maximum atomic E-state index is 12.2. The number of carbonyl (C=O) groups is 1. The van der Waals surface area contributed by atoms with Crippen LogP contribution < -0.4 is 15.4 Å². The van der Waals surface area contributed by atoms with Gasteiger partial charge in [-0.1, -0.05) is 12.1 Å². The van der Waals surface area contributed by atoms with Gasteiger partial charge in [-0.2, -0.15) is 8.78 Å². The Morgan fingerprint density at radius 1 is 1.35 bits per heavy atom. The number of benzene rings is 1. The summed E-state index contributed by atoms with van der Waals surface area (Å²) in [5.74, 6) is 0.337. The number of carbonyl (C=O) groups excluding carboxylic acids is 1. The third-order valence-corrected chi connectivity index (χ3v) is 3.51. The van der Waals surface area contributed by atoms with Crippen LogP contribution in [-0.4, -0.2) is 24.6 Å². The van der Waals surface area contributed by atoms with Crippen molar-refractivity contribution in [3.8, 4) is 5.75 Å². The van der Waals surface area contributed by atoms with E-state index in [1.54, 1.807) is 30.3 Å². The lowest BCUT2D eigenvalue weighted by atomic mass is 10.2. The van der Waals surface area contributed by atoms with Crippen LogP contribution in [0.3, 0.4) is 0 Å². The third-order valence-electron chi connectivity index (χ3n) is 2.89. The van der Waals surface area contributed by atoms with Gasteiger partial charge in [-0.15, -0.1) is 0 Å². The predicted molar refractivity (Wildman–Crippen MR) is 85.7 cm³/mol. The van der Waals surface area contributed by atoms with Crippen LogP contribution in [0.1, 0.15) is 16.1 Å². The molecule has 0 fully saturated rings. The van der Waals surface area contributed by atoms with Gasteiger partial charge in [0.1, 0.15) is 17.3 Å². The first-order chi connectivity index (χ1) is 11.0. The van der Waals surface area contributed by atoms with Gasteiger partial charge in [-0.3, -0.25) is 4.79 Å². The molecule has 2 aromatic rings. The van der Waals surface area contributed by atoms with Gasteiger partial charge >= 0.3 is 6.61 Å². The van der Waals surface area contributed by atoms with E-state index in [1.165, 1.54) is 13.1 Å². The lowest BCUT2D eigenvalue weighted by molar-refractivity contribution is -0.0503. The molecule has 1 heterocycles. The first kappa shape index (κ1) is 17.1. The Morgan fingerprint density at radius 2 is 2.13 bits per heavy atom.